The molecule has 0 bridgehead atoms. The molecule has 0 saturated carbocycles. The van der Waals surface area contributed by atoms with E-state index in [0.717, 1.165) is 6.42 Å². The summed E-state index contributed by atoms with van der Waals surface area (Å²) in [5.74, 6) is -0.116. The number of hydrogen-bond donors (Lipinski definition) is 1. The molecule has 0 fully saturated rings. The summed E-state index contributed by atoms with van der Waals surface area (Å²) in [6.07, 6.45) is 0.812. The van der Waals surface area contributed by atoms with Crippen molar-refractivity contribution in [2.75, 3.05) is 13.8 Å². The molecule has 102 valence electrons. The van der Waals surface area contributed by atoms with Gasteiger partial charge in [-0.2, -0.15) is 0 Å². The van der Waals surface area contributed by atoms with E-state index in [4.69, 9.17) is 4.74 Å². The van der Waals surface area contributed by atoms with Gasteiger partial charge >= 0.3 is 5.97 Å². The molecule has 0 aliphatic rings. The standard InChI is InChI=1S/C14H29NO2/c1-12(2,3)9-14(7,13(4,5)6)11(16)17-10-15-8/h15H,9-10H2,1-8H3. The minimum atomic E-state index is -0.470. The van der Waals surface area contributed by atoms with Gasteiger partial charge in [0.1, 0.15) is 6.73 Å². The van der Waals surface area contributed by atoms with Gasteiger partial charge in [0, 0.05) is 0 Å². The molecule has 0 aliphatic carbocycles. The third-order valence-electron chi connectivity index (χ3n) is 3.34. The summed E-state index contributed by atoms with van der Waals surface area (Å²) < 4.78 is 5.28. The smallest absolute Gasteiger partial charge is 0.313 e. The molecule has 0 aliphatic heterocycles. The van der Waals surface area contributed by atoms with Crippen LogP contribution in [0.15, 0.2) is 0 Å². The molecular formula is C14H29NO2. The molecule has 0 radical (unpaired) electrons. The van der Waals surface area contributed by atoms with Gasteiger partial charge in [0.25, 0.3) is 0 Å². The number of esters is 1. The minimum Gasteiger partial charge on any atom is -0.449 e. The van der Waals surface area contributed by atoms with Crippen molar-refractivity contribution in [1.29, 1.82) is 0 Å². The van der Waals surface area contributed by atoms with Crippen LogP contribution in [0.25, 0.3) is 0 Å². The van der Waals surface area contributed by atoms with Crippen molar-refractivity contribution in [2.45, 2.75) is 54.9 Å². The molecule has 3 nitrogen and oxygen atoms in total. The van der Waals surface area contributed by atoms with E-state index in [9.17, 15) is 4.79 Å². The fourth-order valence-corrected chi connectivity index (χ4v) is 2.00. The van der Waals surface area contributed by atoms with Crippen molar-refractivity contribution >= 4 is 5.97 Å². The quantitative estimate of drug-likeness (QED) is 0.608. The number of carbonyl (C=O) groups excluding carboxylic acids is 1. The summed E-state index contributed by atoms with van der Waals surface area (Å²) in [6.45, 7) is 15.0. The van der Waals surface area contributed by atoms with Crippen LogP contribution in [-0.4, -0.2) is 19.7 Å². The monoisotopic (exact) mass is 243 g/mol. The summed E-state index contributed by atoms with van der Waals surface area (Å²) in [7, 11) is 1.77. The van der Waals surface area contributed by atoms with E-state index < -0.39 is 5.41 Å². The highest BCUT2D eigenvalue weighted by molar-refractivity contribution is 5.77. The Morgan fingerprint density at radius 3 is 1.82 bits per heavy atom. The van der Waals surface area contributed by atoms with Crippen LogP contribution >= 0.6 is 0 Å². The summed E-state index contributed by atoms with van der Waals surface area (Å²) in [6, 6.07) is 0. The highest BCUT2D eigenvalue weighted by Crippen LogP contribution is 2.47. The van der Waals surface area contributed by atoms with Gasteiger partial charge in [-0.25, -0.2) is 0 Å². The molecule has 1 unspecified atom stereocenters. The fourth-order valence-electron chi connectivity index (χ4n) is 2.00. The molecule has 0 saturated heterocycles. The summed E-state index contributed by atoms with van der Waals surface area (Å²) in [5, 5.41) is 2.84. The number of ether oxygens (including phenoxy) is 1. The predicted octanol–water partition coefficient (Wildman–Crippen LogP) is 3.20. The fraction of sp³-hybridized carbons (Fsp3) is 0.929. The van der Waals surface area contributed by atoms with Crippen molar-refractivity contribution < 1.29 is 9.53 Å². The lowest BCUT2D eigenvalue weighted by atomic mass is 9.61. The average molecular weight is 243 g/mol. The Morgan fingerprint density at radius 1 is 1.06 bits per heavy atom. The maximum absolute atomic E-state index is 12.3. The highest BCUT2D eigenvalue weighted by atomic mass is 16.5. The minimum absolute atomic E-state index is 0.0979. The SMILES string of the molecule is CNCOC(=O)C(C)(CC(C)(C)C)C(C)(C)C. The highest BCUT2D eigenvalue weighted by Gasteiger charge is 2.47. The molecule has 3 heteroatoms. The van der Waals surface area contributed by atoms with Crippen LogP contribution in [0.3, 0.4) is 0 Å². The Hall–Kier alpha value is -0.570. The normalized spacial score (nSPS) is 16.5. The van der Waals surface area contributed by atoms with E-state index in [1.807, 2.05) is 6.92 Å². The van der Waals surface area contributed by atoms with Crippen LogP contribution in [0.5, 0.6) is 0 Å². The van der Waals surface area contributed by atoms with Crippen LogP contribution in [0.1, 0.15) is 54.9 Å². The lowest BCUT2D eigenvalue weighted by Gasteiger charge is -2.43. The van der Waals surface area contributed by atoms with E-state index in [-0.39, 0.29) is 23.5 Å². The number of hydrogen-bond acceptors (Lipinski definition) is 3. The molecular weight excluding hydrogens is 214 g/mol. The largest absolute Gasteiger partial charge is 0.449 e. The second-order valence-electron chi connectivity index (χ2n) is 7.25. The number of rotatable bonds is 4. The van der Waals surface area contributed by atoms with Crippen LogP contribution in [0, 0.1) is 16.2 Å². The third-order valence-corrected chi connectivity index (χ3v) is 3.34. The molecule has 0 heterocycles. The van der Waals surface area contributed by atoms with Crippen LogP contribution in [0.4, 0.5) is 0 Å². The number of nitrogens with one attached hydrogen (secondary N) is 1. The van der Waals surface area contributed by atoms with Crippen molar-refractivity contribution in [2.24, 2.45) is 16.2 Å². The van der Waals surface area contributed by atoms with Gasteiger partial charge in [0.05, 0.1) is 5.41 Å². The Labute approximate surface area is 106 Å². The van der Waals surface area contributed by atoms with E-state index in [2.05, 4.69) is 46.9 Å². The Kier molecular flexibility index (Phi) is 5.20. The molecule has 0 spiro atoms. The number of carbonyl (C=O) groups is 1. The molecule has 1 atom stereocenters. The molecule has 17 heavy (non-hydrogen) atoms. The first-order valence-corrected chi connectivity index (χ1v) is 6.26. The zero-order chi connectivity index (χ0) is 13.9. The summed E-state index contributed by atoms with van der Waals surface area (Å²) in [5.41, 5.74) is -0.492. The second kappa shape index (κ2) is 5.38. The van der Waals surface area contributed by atoms with Crippen LogP contribution < -0.4 is 5.32 Å². The molecule has 1 N–H and O–H groups in total. The van der Waals surface area contributed by atoms with E-state index in [1.54, 1.807) is 7.05 Å². The summed E-state index contributed by atoms with van der Waals surface area (Å²) >= 11 is 0. The Morgan fingerprint density at radius 2 is 1.53 bits per heavy atom. The maximum Gasteiger partial charge on any atom is 0.313 e. The van der Waals surface area contributed by atoms with E-state index in [1.165, 1.54) is 0 Å². The average Bonchev–Trinajstić information content (AvgIpc) is 2.09. The lowest BCUT2D eigenvalue weighted by Crippen LogP contribution is -2.45. The summed E-state index contributed by atoms with van der Waals surface area (Å²) in [4.78, 5) is 12.3. The first-order valence-electron chi connectivity index (χ1n) is 6.26. The van der Waals surface area contributed by atoms with Gasteiger partial charge in [-0.3, -0.25) is 10.1 Å². The van der Waals surface area contributed by atoms with Gasteiger partial charge in [0.15, 0.2) is 0 Å². The van der Waals surface area contributed by atoms with Crippen molar-refractivity contribution in [3.63, 3.8) is 0 Å². The predicted molar refractivity (Wildman–Crippen MR) is 71.7 cm³/mol. The van der Waals surface area contributed by atoms with Crippen LogP contribution in [-0.2, 0) is 9.53 Å². The topological polar surface area (TPSA) is 38.3 Å². The molecule has 0 rings (SSSR count). The van der Waals surface area contributed by atoms with Gasteiger partial charge in [-0.05, 0) is 31.2 Å². The van der Waals surface area contributed by atoms with Gasteiger partial charge < -0.3 is 4.74 Å². The third kappa shape index (κ3) is 4.66. The zero-order valence-electron chi connectivity index (χ0n) is 12.7. The maximum atomic E-state index is 12.3. The van der Waals surface area contributed by atoms with Gasteiger partial charge in [-0.15, -0.1) is 0 Å². The van der Waals surface area contributed by atoms with Gasteiger partial charge in [-0.1, -0.05) is 41.5 Å². The molecule has 0 aromatic rings. The van der Waals surface area contributed by atoms with E-state index in [0.29, 0.717) is 0 Å². The Balaban J connectivity index is 5.05. The first kappa shape index (κ1) is 16.4. The Bertz CT molecular complexity index is 260. The van der Waals surface area contributed by atoms with Crippen molar-refractivity contribution in [3.8, 4) is 0 Å². The van der Waals surface area contributed by atoms with Gasteiger partial charge in [0.2, 0.25) is 0 Å². The first-order chi connectivity index (χ1) is 7.44. The lowest BCUT2D eigenvalue weighted by molar-refractivity contribution is -0.165. The zero-order valence-corrected chi connectivity index (χ0v) is 12.7. The second-order valence-corrected chi connectivity index (χ2v) is 7.25. The molecule has 0 aromatic heterocycles. The van der Waals surface area contributed by atoms with Crippen molar-refractivity contribution in [1.82, 2.24) is 5.32 Å². The molecule has 0 aromatic carbocycles. The van der Waals surface area contributed by atoms with E-state index >= 15 is 0 Å². The van der Waals surface area contributed by atoms with Crippen LogP contribution in [0.2, 0.25) is 0 Å². The molecule has 0 amide bonds. The van der Waals surface area contributed by atoms with Crippen molar-refractivity contribution in [3.05, 3.63) is 0 Å².